The molecule has 4 nitrogen and oxygen atoms in total. The number of hydrogen-bond acceptors (Lipinski definition) is 2. The number of carbonyl (C=O) groups excluding carboxylic acids is 1. The quantitative estimate of drug-likeness (QED) is 0.854. The average molecular weight is 301 g/mol. The number of aryl methyl sites for hydroxylation is 1. The number of nitrogens with one attached hydrogen (secondary N) is 1. The maximum absolute atomic E-state index is 12.9. The van der Waals surface area contributed by atoms with Crippen molar-refractivity contribution in [3.05, 3.63) is 42.5 Å². The van der Waals surface area contributed by atoms with Crippen LogP contribution in [0, 0.1) is 11.7 Å². The Balaban J connectivity index is 1.45. The molecule has 1 aliphatic rings. The second-order valence-corrected chi connectivity index (χ2v) is 5.85. The molecule has 0 unspecified atom stereocenters. The molecule has 1 amide bonds. The molecule has 1 aromatic heterocycles. The van der Waals surface area contributed by atoms with Crippen LogP contribution in [0.2, 0.25) is 0 Å². The van der Waals surface area contributed by atoms with E-state index >= 15 is 0 Å². The number of benzene rings is 1. The number of hydrogen-bond donors (Lipinski definition) is 1. The zero-order valence-corrected chi connectivity index (χ0v) is 12.5. The van der Waals surface area contributed by atoms with E-state index in [1.165, 1.54) is 25.0 Å². The fraction of sp³-hybridized carbons (Fsp3) is 0.412. The van der Waals surface area contributed by atoms with E-state index in [0.29, 0.717) is 18.9 Å². The molecule has 1 aliphatic carbocycles. The minimum Gasteiger partial charge on any atom is -0.356 e. The van der Waals surface area contributed by atoms with E-state index in [9.17, 15) is 9.18 Å². The van der Waals surface area contributed by atoms with Gasteiger partial charge in [-0.2, -0.15) is 5.10 Å². The summed E-state index contributed by atoms with van der Waals surface area (Å²) in [5.41, 5.74) is 1.90. The van der Waals surface area contributed by atoms with Crippen molar-refractivity contribution in [3.63, 3.8) is 0 Å². The van der Waals surface area contributed by atoms with Crippen molar-refractivity contribution >= 4 is 5.91 Å². The highest BCUT2D eigenvalue weighted by Gasteiger charge is 2.21. The van der Waals surface area contributed by atoms with Gasteiger partial charge in [-0.1, -0.05) is 12.1 Å². The zero-order chi connectivity index (χ0) is 15.4. The zero-order valence-electron chi connectivity index (χ0n) is 12.5. The Hall–Kier alpha value is -2.17. The Kier molecular flexibility index (Phi) is 4.51. The number of carbonyl (C=O) groups is 1. The number of nitrogens with zero attached hydrogens (tertiary/aromatic N) is 2. The molecule has 1 N–H and O–H groups in total. The van der Waals surface area contributed by atoms with E-state index in [0.717, 1.165) is 24.1 Å². The van der Waals surface area contributed by atoms with Crippen LogP contribution in [0.3, 0.4) is 0 Å². The standard InChI is InChI=1S/C17H20FN3O/c18-16-7-5-14(6-8-16)15-11-20-21(12-15)9-1-2-17(22)19-10-13-3-4-13/h5-8,11-13H,1-4,9-10H2,(H,19,22). The minimum absolute atomic E-state index is 0.123. The summed E-state index contributed by atoms with van der Waals surface area (Å²) < 4.78 is 14.7. The molecule has 0 atom stereocenters. The van der Waals surface area contributed by atoms with Gasteiger partial charge >= 0.3 is 0 Å². The summed E-state index contributed by atoms with van der Waals surface area (Å²) >= 11 is 0. The Morgan fingerprint density at radius 3 is 2.77 bits per heavy atom. The van der Waals surface area contributed by atoms with Crippen LogP contribution >= 0.6 is 0 Å². The van der Waals surface area contributed by atoms with Crippen LogP contribution < -0.4 is 5.32 Å². The van der Waals surface area contributed by atoms with Gasteiger partial charge in [0.25, 0.3) is 0 Å². The smallest absolute Gasteiger partial charge is 0.220 e. The van der Waals surface area contributed by atoms with Crippen LogP contribution in [0.1, 0.15) is 25.7 Å². The molecule has 2 aromatic rings. The van der Waals surface area contributed by atoms with Gasteiger partial charge in [0.15, 0.2) is 0 Å². The average Bonchev–Trinajstić information content (AvgIpc) is 3.24. The van der Waals surface area contributed by atoms with Gasteiger partial charge in [-0.25, -0.2) is 4.39 Å². The first-order valence-corrected chi connectivity index (χ1v) is 7.76. The summed E-state index contributed by atoms with van der Waals surface area (Å²) in [6, 6.07) is 6.36. The SMILES string of the molecule is O=C(CCCn1cc(-c2ccc(F)cc2)cn1)NCC1CC1. The highest BCUT2D eigenvalue weighted by molar-refractivity contribution is 5.75. The van der Waals surface area contributed by atoms with E-state index < -0.39 is 0 Å². The number of halogens is 1. The summed E-state index contributed by atoms with van der Waals surface area (Å²) in [4.78, 5) is 11.6. The lowest BCUT2D eigenvalue weighted by atomic mass is 10.1. The molecular formula is C17H20FN3O. The first kappa shape index (κ1) is 14.8. The Morgan fingerprint density at radius 1 is 1.27 bits per heavy atom. The van der Waals surface area contributed by atoms with Crippen LogP contribution in [-0.4, -0.2) is 22.2 Å². The number of amides is 1. The maximum Gasteiger partial charge on any atom is 0.220 e. The lowest BCUT2D eigenvalue weighted by Gasteiger charge is -2.04. The number of aromatic nitrogens is 2. The molecule has 1 fully saturated rings. The molecule has 3 rings (SSSR count). The van der Waals surface area contributed by atoms with Crippen molar-refractivity contribution in [1.29, 1.82) is 0 Å². The molecule has 116 valence electrons. The Morgan fingerprint density at radius 2 is 2.05 bits per heavy atom. The summed E-state index contributed by atoms with van der Waals surface area (Å²) in [5.74, 6) is 0.597. The van der Waals surface area contributed by atoms with Gasteiger partial charge < -0.3 is 5.32 Å². The van der Waals surface area contributed by atoms with Crippen molar-refractivity contribution in [2.45, 2.75) is 32.2 Å². The highest BCUT2D eigenvalue weighted by atomic mass is 19.1. The van der Waals surface area contributed by atoms with Gasteiger partial charge in [-0.05, 0) is 42.9 Å². The molecule has 0 radical (unpaired) electrons. The van der Waals surface area contributed by atoms with Crippen molar-refractivity contribution in [2.24, 2.45) is 5.92 Å². The monoisotopic (exact) mass is 301 g/mol. The van der Waals surface area contributed by atoms with E-state index in [-0.39, 0.29) is 11.7 Å². The van der Waals surface area contributed by atoms with Crippen molar-refractivity contribution in [1.82, 2.24) is 15.1 Å². The molecule has 1 heterocycles. The second kappa shape index (κ2) is 6.73. The van der Waals surface area contributed by atoms with Gasteiger partial charge in [-0.15, -0.1) is 0 Å². The van der Waals surface area contributed by atoms with E-state index in [4.69, 9.17) is 0 Å². The predicted molar refractivity (Wildman–Crippen MR) is 82.6 cm³/mol. The van der Waals surface area contributed by atoms with Crippen LogP contribution in [0.5, 0.6) is 0 Å². The highest BCUT2D eigenvalue weighted by Crippen LogP contribution is 2.27. The van der Waals surface area contributed by atoms with Gasteiger partial charge in [0.2, 0.25) is 5.91 Å². The molecule has 0 aliphatic heterocycles. The Labute approximate surface area is 129 Å². The number of rotatable bonds is 7. The van der Waals surface area contributed by atoms with E-state index in [1.807, 2.05) is 10.9 Å². The first-order chi connectivity index (χ1) is 10.7. The van der Waals surface area contributed by atoms with E-state index in [1.54, 1.807) is 18.3 Å². The lowest BCUT2D eigenvalue weighted by molar-refractivity contribution is -0.121. The summed E-state index contributed by atoms with van der Waals surface area (Å²) in [6.45, 7) is 1.54. The lowest BCUT2D eigenvalue weighted by Crippen LogP contribution is -2.25. The summed E-state index contributed by atoms with van der Waals surface area (Å²) in [7, 11) is 0. The molecule has 0 saturated heterocycles. The van der Waals surface area contributed by atoms with Gasteiger partial charge in [0, 0.05) is 31.3 Å². The van der Waals surface area contributed by atoms with Crippen LogP contribution in [0.15, 0.2) is 36.7 Å². The molecule has 1 saturated carbocycles. The summed E-state index contributed by atoms with van der Waals surface area (Å²) in [5, 5.41) is 7.25. The van der Waals surface area contributed by atoms with Gasteiger partial charge in [-0.3, -0.25) is 9.48 Å². The second-order valence-electron chi connectivity index (χ2n) is 5.85. The third-order valence-corrected chi connectivity index (χ3v) is 3.89. The van der Waals surface area contributed by atoms with E-state index in [2.05, 4.69) is 10.4 Å². The van der Waals surface area contributed by atoms with Gasteiger partial charge in [0.05, 0.1) is 6.20 Å². The molecule has 5 heteroatoms. The fourth-order valence-corrected chi connectivity index (χ4v) is 2.35. The van der Waals surface area contributed by atoms with Crippen molar-refractivity contribution < 1.29 is 9.18 Å². The molecule has 22 heavy (non-hydrogen) atoms. The normalized spacial score (nSPS) is 14.0. The maximum atomic E-state index is 12.9. The summed E-state index contributed by atoms with van der Waals surface area (Å²) in [6.07, 6.45) is 7.48. The van der Waals surface area contributed by atoms with Crippen LogP contribution in [-0.2, 0) is 11.3 Å². The van der Waals surface area contributed by atoms with Gasteiger partial charge in [0.1, 0.15) is 5.82 Å². The molecule has 0 spiro atoms. The topological polar surface area (TPSA) is 46.9 Å². The van der Waals surface area contributed by atoms with Crippen molar-refractivity contribution in [2.75, 3.05) is 6.54 Å². The third-order valence-electron chi connectivity index (χ3n) is 3.89. The van der Waals surface area contributed by atoms with Crippen LogP contribution in [0.25, 0.3) is 11.1 Å². The third kappa shape index (κ3) is 4.16. The molecule has 0 bridgehead atoms. The predicted octanol–water partition coefficient (Wildman–Crippen LogP) is 3.00. The van der Waals surface area contributed by atoms with Crippen molar-refractivity contribution in [3.8, 4) is 11.1 Å². The van der Waals surface area contributed by atoms with Crippen LogP contribution in [0.4, 0.5) is 4.39 Å². The largest absolute Gasteiger partial charge is 0.356 e. The Bertz CT molecular complexity index is 632. The first-order valence-electron chi connectivity index (χ1n) is 7.76. The molecular weight excluding hydrogens is 281 g/mol. The fourth-order valence-electron chi connectivity index (χ4n) is 2.35. The minimum atomic E-state index is -0.242. The molecule has 1 aromatic carbocycles.